The van der Waals surface area contributed by atoms with Crippen molar-refractivity contribution in [3.05, 3.63) is 59.9 Å². The average Bonchev–Trinajstić information content (AvgIpc) is 3.12. The Balaban J connectivity index is 0.00000117. The quantitative estimate of drug-likeness (QED) is 0.714. The van der Waals surface area contributed by atoms with Crippen molar-refractivity contribution in [2.24, 2.45) is 0 Å². The van der Waals surface area contributed by atoms with Gasteiger partial charge in [0.2, 0.25) is 5.91 Å². The van der Waals surface area contributed by atoms with Gasteiger partial charge in [-0.3, -0.25) is 14.6 Å². The molecule has 0 radical (unpaired) electrons. The minimum Gasteiger partial charge on any atom is -0.354 e. The van der Waals surface area contributed by atoms with Crippen molar-refractivity contribution < 1.29 is 9.59 Å². The fourth-order valence-corrected chi connectivity index (χ4v) is 4.05. The third-order valence-electron chi connectivity index (χ3n) is 4.38. The number of carbonyl (C=O) groups excluding carboxylic acids is 2. The zero-order valence-electron chi connectivity index (χ0n) is 16.6. The molecule has 1 aromatic carbocycles. The number of aromatic nitrogens is 2. The SMILES string of the molecule is CC.O=C1CCN(C(=O)c2nc(-c3ccccc3)c(-c3cccnc3)s2)CCN1. The van der Waals surface area contributed by atoms with Gasteiger partial charge in [-0.2, -0.15) is 0 Å². The first-order valence-electron chi connectivity index (χ1n) is 9.75. The van der Waals surface area contributed by atoms with Gasteiger partial charge in [0.1, 0.15) is 0 Å². The molecule has 0 aliphatic carbocycles. The molecule has 0 spiro atoms. The topological polar surface area (TPSA) is 75.2 Å². The maximum absolute atomic E-state index is 13.0. The van der Waals surface area contributed by atoms with Crippen LogP contribution in [0.1, 0.15) is 30.1 Å². The van der Waals surface area contributed by atoms with E-state index in [0.29, 0.717) is 31.1 Å². The summed E-state index contributed by atoms with van der Waals surface area (Å²) < 4.78 is 0. The van der Waals surface area contributed by atoms with Crippen LogP contribution in [0.15, 0.2) is 54.9 Å². The molecule has 1 fully saturated rings. The highest BCUT2D eigenvalue weighted by Crippen LogP contribution is 2.36. The van der Waals surface area contributed by atoms with Crippen LogP contribution in [-0.4, -0.2) is 46.3 Å². The van der Waals surface area contributed by atoms with Gasteiger partial charge in [-0.15, -0.1) is 11.3 Å². The van der Waals surface area contributed by atoms with E-state index >= 15 is 0 Å². The van der Waals surface area contributed by atoms with Crippen LogP contribution in [-0.2, 0) is 4.79 Å². The van der Waals surface area contributed by atoms with Gasteiger partial charge < -0.3 is 10.2 Å². The highest BCUT2D eigenvalue weighted by molar-refractivity contribution is 7.17. The van der Waals surface area contributed by atoms with Gasteiger partial charge in [-0.25, -0.2) is 4.98 Å². The van der Waals surface area contributed by atoms with E-state index < -0.39 is 0 Å². The van der Waals surface area contributed by atoms with Crippen molar-refractivity contribution in [1.29, 1.82) is 0 Å². The molecule has 0 unspecified atom stereocenters. The molecule has 6 nitrogen and oxygen atoms in total. The van der Waals surface area contributed by atoms with Crippen molar-refractivity contribution in [2.75, 3.05) is 19.6 Å². The number of rotatable bonds is 3. The number of hydrogen-bond donors (Lipinski definition) is 1. The van der Waals surface area contributed by atoms with Crippen molar-refractivity contribution in [3.8, 4) is 21.7 Å². The largest absolute Gasteiger partial charge is 0.354 e. The smallest absolute Gasteiger partial charge is 0.282 e. The minimum atomic E-state index is -0.135. The minimum absolute atomic E-state index is 0.0227. The number of nitrogens with zero attached hydrogens (tertiary/aromatic N) is 3. The third-order valence-corrected chi connectivity index (χ3v) is 5.47. The molecule has 0 bridgehead atoms. The Kier molecular flexibility index (Phi) is 7.08. The van der Waals surface area contributed by atoms with Crippen LogP contribution in [0, 0.1) is 0 Å². The number of pyridine rings is 1. The van der Waals surface area contributed by atoms with E-state index in [9.17, 15) is 9.59 Å². The fraction of sp³-hybridized carbons (Fsp3) is 0.273. The normalized spacial score (nSPS) is 13.7. The lowest BCUT2D eigenvalue weighted by Gasteiger charge is -2.17. The van der Waals surface area contributed by atoms with Crippen LogP contribution in [0.4, 0.5) is 0 Å². The van der Waals surface area contributed by atoms with Crippen molar-refractivity contribution >= 4 is 23.2 Å². The Bertz CT molecular complexity index is 900. The van der Waals surface area contributed by atoms with Crippen molar-refractivity contribution in [2.45, 2.75) is 20.3 Å². The molecule has 1 aliphatic heterocycles. The summed E-state index contributed by atoms with van der Waals surface area (Å²) in [4.78, 5) is 36.0. The van der Waals surface area contributed by atoms with Crippen LogP contribution in [0.3, 0.4) is 0 Å². The lowest BCUT2D eigenvalue weighted by atomic mass is 10.1. The number of amides is 2. The summed E-state index contributed by atoms with van der Waals surface area (Å²) >= 11 is 1.37. The molecule has 7 heteroatoms. The van der Waals surface area contributed by atoms with E-state index in [2.05, 4.69) is 15.3 Å². The van der Waals surface area contributed by atoms with E-state index in [1.807, 2.05) is 56.3 Å². The Labute approximate surface area is 174 Å². The number of hydrogen-bond acceptors (Lipinski definition) is 5. The molecule has 150 valence electrons. The monoisotopic (exact) mass is 408 g/mol. The summed E-state index contributed by atoms with van der Waals surface area (Å²) in [6.45, 7) is 5.37. The first-order chi connectivity index (χ1) is 14.2. The molecular formula is C22H24N4O2S. The fourth-order valence-electron chi connectivity index (χ4n) is 3.00. The van der Waals surface area contributed by atoms with Crippen LogP contribution in [0.25, 0.3) is 21.7 Å². The molecule has 2 amide bonds. The third kappa shape index (κ3) is 4.86. The van der Waals surface area contributed by atoms with Crippen LogP contribution < -0.4 is 5.32 Å². The Morgan fingerprint density at radius 2 is 1.83 bits per heavy atom. The molecule has 1 aliphatic rings. The summed E-state index contributed by atoms with van der Waals surface area (Å²) in [5, 5.41) is 3.22. The summed E-state index contributed by atoms with van der Waals surface area (Å²) in [5.74, 6) is -0.158. The maximum atomic E-state index is 13.0. The standard InChI is InChI=1S/C20H18N4O2S.C2H6/c25-16-8-11-24(12-10-22-16)20(26)19-23-17(14-5-2-1-3-6-14)18(27-19)15-7-4-9-21-13-15;1-2/h1-7,9,13H,8,10-12H2,(H,22,25);1-2H3. The van der Waals surface area contributed by atoms with Gasteiger partial charge in [0.25, 0.3) is 5.91 Å². The molecule has 3 aromatic rings. The molecule has 0 saturated carbocycles. The van der Waals surface area contributed by atoms with Crippen LogP contribution in [0.5, 0.6) is 0 Å². The number of carbonyl (C=O) groups is 2. The van der Waals surface area contributed by atoms with Gasteiger partial charge in [0.15, 0.2) is 5.01 Å². The van der Waals surface area contributed by atoms with Crippen molar-refractivity contribution in [3.63, 3.8) is 0 Å². The van der Waals surface area contributed by atoms with Gasteiger partial charge in [0.05, 0.1) is 10.6 Å². The van der Waals surface area contributed by atoms with E-state index in [1.54, 1.807) is 17.3 Å². The number of nitrogens with one attached hydrogen (secondary N) is 1. The second-order valence-corrected chi connectivity index (χ2v) is 7.20. The Hall–Kier alpha value is -3.06. The molecule has 1 saturated heterocycles. The van der Waals surface area contributed by atoms with E-state index in [1.165, 1.54) is 11.3 Å². The highest BCUT2D eigenvalue weighted by atomic mass is 32.1. The zero-order chi connectivity index (χ0) is 20.6. The Morgan fingerprint density at radius 3 is 2.55 bits per heavy atom. The maximum Gasteiger partial charge on any atom is 0.282 e. The van der Waals surface area contributed by atoms with Gasteiger partial charge in [-0.05, 0) is 6.07 Å². The zero-order valence-corrected chi connectivity index (χ0v) is 17.4. The molecule has 4 rings (SSSR count). The van der Waals surface area contributed by atoms with Gasteiger partial charge >= 0.3 is 0 Å². The first-order valence-corrected chi connectivity index (χ1v) is 10.6. The molecule has 1 N–H and O–H groups in total. The van der Waals surface area contributed by atoms with E-state index in [-0.39, 0.29) is 11.8 Å². The second-order valence-electron chi connectivity index (χ2n) is 6.20. The highest BCUT2D eigenvalue weighted by Gasteiger charge is 2.25. The van der Waals surface area contributed by atoms with Gasteiger partial charge in [0, 0.05) is 49.6 Å². The van der Waals surface area contributed by atoms with Crippen LogP contribution in [0.2, 0.25) is 0 Å². The predicted octanol–water partition coefficient (Wildman–Crippen LogP) is 3.86. The molecule has 3 heterocycles. The summed E-state index contributed by atoms with van der Waals surface area (Å²) in [7, 11) is 0. The second kappa shape index (κ2) is 9.93. The summed E-state index contributed by atoms with van der Waals surface area (Å²) in [5.41, 5.74) is 2.67. The lowest BCUT2D eigenvalue weighted by molar-refractivity contribution is -0.120. The van der Waals surface area contributed by atoms with Gasteiger partial charge in [-0.1, -0.05) is 50.2 Å². The average molecular weight is 409 g/mol. The molecule has 2 aromatic heterocycles. The first kappa shape index (κ1) is 20.7. The predicted molar refractivity (Wildman–Crippen MR) is 116 cm³/mol. The Morgan fingerprint density at radius 1 is 1.07 bits per heavy atom. The number of benzene rings is 1. The van der Waals surface area contributed by atoms with E-state index in [0.717, 1.165) is 21.7 Å². The van der Waals surface area contributed by atoms with E-state index in [4.69, 9.17) is 0 Å². The summed E-state index contributed by atoms with van der Waals surface area (Å²) in [6.07, 6.45) is 3.82. The lowest BCUT2D eigenvalue weighted by Crippen LogP contribution is -2.34. The molecular weight excluding hydrogens is 384 g/mol. The van der Waals surface area contributed by atoms with Crippen LogP contribution >= 0.6 is 11.3 Å². The summed E-state index contributed by atoms with van der Waals surface area (Å²) in [6, 6.07) is 13.7. The van der Waals surface area contributed by atoms with Crippen molar-refractivity contribution in [1.82, 2.24) is 20.2 Å². The number of thiazole rings is 1. The molecule has 29 heavy (non-hydrogen) atoms. The molecule has 0 atom stereocenters.